The zero-order chi connectivity index (χ0) is 8.72. The summed E-state index contributed by atoms with van der Waals surface area (Å²) in [6.45, 7) is 1.98. The lowest BCUT2D eigenvalue weighted by molar-refractivity contribution is -0.129. The van der Waals surface area contributed by atoms with Crippen LogP contribution in [-0.4, -0.2) is 22.9 Å². The minimum absolute atomic E-state index is 0.0712. The lowest BCUT2D eigenvalue weighted by atomic mass is 10.0. The van der Waals surface area contributed by atoms with Crippen LogP contribution >= 0.6 is 0 Å². The monoisotopic (exact) mass is 164 g/mol. The summed E-state index contributed by atoms with van der Waals surface area (Å²) in [6.07, 6.45) is 2.70. The normalized spacial score (nSPS) is 35.3. The van der Waals surface area contributed by atoms with Gasteiger partial charge in [0.15, 0.2) is 0 Å². The molecule has 1 saturated carbocycles. The zero-order valence-electron chi connectivity index (χ0n) is 7.16. The molecule has 1 aliphatic carbocycles. The van der Waals surface area contributed by atoms with Gasteiger partial charge in [-0.05, 0) is 19.8 Å². The van der Waals surface area contributed by atoms with Crippen molar-refractivity contribution in [2.45, 2.75) is 38.3 Å². The molecule has 64 valence electrons. The molecule has 1 saturated heterocycles. The van der Waals surface area contributed by atoms with Crippen LogP contribution in [0.1, 0.15) is 26.2 Å². The number of nitriles is 1. The van der Waals surface area contributed by atoms with Crippen LogP contribution in [0, 0.1) is 17.2 Å². The van der Waals surface area contributed by atoms with Crippen LogP contribution in [0.4, 0.5) is 0 Å². The second-order valence-electron chi connectivity index (χ2n) is 3.71. The second-order valence-corrected chi connectivity index (χ2v) is 3.71. The molecular weight excluding hydrogens is 152 g/mol. The van der Waals surface area contributed by atoms with Crippen LogP contribution in [0.25, 0.3) is 0 Å². The van der Waals surface area contributed by atoms with Gasteiger partial charge in [0, 0.05) is 18.5 Å². The number of hydrogen-bond donors (Lipinski definition) is 0. The first-order valence-electron chi connectivity index (χ1n) is 4.45. The fourth-order valence-corrected chi connectivity index (χ4v) is 1.93. The molecule has 2 rings (SSSR count). The second kappa shape index (κ2) is 2.48. The first-order chi connectivity index (χ1) is 5.74. The minimum Gasteiger partial charge on any atom is -0.336 e. The maximum atomic E-state index is 11.4. The lowest BCUT2D eigenvalue weighted by Gasteiger charge is -2.21. The number of nitrogens with zero attached hydrogens (tertiary/aromatic N) is 2. The maximum Gasteiger partial charge on any atom is 0.224 e. The van der Waals surface area contributed by atoms with E-state index in [-0.39, 0.29) is 17.9 Å². The Balaban J connectivity index is 2.14. The van der Waals surface area contributed by atoms with Gasteiger partial charge in [0.05, 0.1) is 12.0 Å². The van der Waals surface area contributed by atoms with E-state index >= 15 is 0 Å². The fourth-order valence-electron chi connectivity index (χ4n) is 1.93. The van der Waals surface area contributed by atoms with Crippen molar-refractivity contribution >= 4 is 5.91 Å². The van der Waals surface area contributed by atoms with Crippen molar-refractivity contribution in [1.29, 1.82) is 5.26 Å². The third-order valence-corrected chi connectivity index (χ3v) is 2.81. The van der Waals surface area contributed by atoms with Crippen molar-refractivity contribution in [3.63, 3.8) is 0 Å². The SMILES string of the molecule is CC1C(C#N)CC(=O)N1C1CC1. The van der Waals surface area contributed by atoms with Gasteiger partial charge < -0.3 is 4.90 Å². The largest absolute Gasteiger partial charge is 0.336 e. The average molecular weight is 164 g/mol. The summed E-state index contributed by atoms with van der Waals surface area (Å²) >= 11 is 0. The summed E-state index contributed by atoms with van der Waals surface area (Å²) in [5.74, 6) is 0.106. The van der Waals surface area contributed by atoms with E-state index < -0.39 is 0 Å². The molecule has 1 aliphatic heterocycles. The van der Waals surface area contributed by atoms with Gasteiger partial charge in [-0.2, -0.15) is 5.26 Å². The van der Waals surface area contributed by atoms with Crippen LogP contribution in [0.5, 0.6) is 0 Å². The molecule has 0 spiro atoms. The van der Waals surface area contributed by atoms with Crippen LogP contribution in [0.15, 0.2) is 0 Å². The highest BCUT2D eigenvalue weighted by atomic mass is 16.2. The van der Waals surface area contributed by atoms with Crippen molar-refractivity contribution in [1.82, 2.24) is 4.90 Å². The molecule has 2 aliphatic rings. The van der Waals surface area contributed by atoms with Crippen molar-refractivity contribution in [3.8, 4) is 6.07 Å². The number of amides is 1. The van der Waals surface area contributed by atoms with Crippen LogP contribution in [0.3, 0.4) is 0 Å². The predicted molar refractivity (Wildman–Crippen MR) is 43.1 cm³/mol. The molecule has 3 nitrogen and oxygen atoms in total. The molecule has 1 heterocycles. The quantitative estimate of drug-likeness (QED) is 0.578. The van der Waals surface area contributed by atoms with E-state index in [2.05, 4.69) is 6.07 Å². The molecule has 0 aromatic carbocycles. The highest BCUT2D eigenvalue weighted by molar-refractivity contribution is 5.80. The molecule has 0 aromatic heterocycles. The van der Waals surface area contributed by atoms with Gasteiger partial charge in [0.25, 0.3) is 0 Å². The van der Waals surface area contributed by atoms with Crippen molar-refractivity contribution in [3.05, 3.63) is 0 Å². The van der Waals surface area contributed by atoms with Gasteiger partial charge in [0.2, 0.25) is 5.91 Å². The smallest absolute Gasteiger partial charge is 0.224 e. The Morgan fingerprint density at radius 2 is 2.25 bits per heavy atom. The van der Waals surface area contributed by atoms with Crippen LogP contribution < -0.4 is 0 Å². The average Bonchev–Trinajstić information content (AvgIpc) is 2.80. The van der Waals surface area contributed by atoms with Crippen LogP contribution in [0.2, 0.25) is 0 Å². The third-order valence-electron chi connectivity index (χ3n) is 2.81. The Morgan fingerprint density at radius 3 is 2.67 bits per heavy atom. The standard InChI is InChI=1S/C9H12N2O/c1-6-7(5-10)4-9(12)11(6)8-2-3-8/h6-8H,2-4H2,1H3. The molecule has 2 fully saturated rings. The molecule has 2 unspecified atom stereocenters. The number of likely N-dealkylation sites (tertiary alicyclic amines) is 1. The third kappa shape index (κ3) is 0.989. The minimum atomic E-state index is -0.0712. The first-order valence-corrected chi connectivity index (χ1v) is 4.45. The molecule has 0 N–H and O–H groups in total. The molecule has 0 radical (unpaired) electrons. The lowest BCUT2D eigenvalue weighted by Crippen LogP contribution is -2.34. The van der Waals surface area contributed by atoms with Gasteiger partial charge in [0.1, 0.15) is 0 Å². The first kappa shape index (κ1) is 7.60. The molecule has 2 atom stereocenters. The highest BCUT2D eigenvalue weighted by Crippen LogP contribution is 2.36. The summed E-state index contributed by atoms with van der Waals surface area (Å²) in [4.78, 5) is 13.3. The topological polar surface area (TPSA) is 44.1 Å². The van der Waals surface area contributed by atoms with Gasteiger partial charge in [-0.3, -0.25) is 4.79 Å². The molecule has 3 heteroatoms. The maximum absolute atomic E-state index is 11.4. The van der Waals surface area contributed by atoms with E-state index in [1.54, 1.807) is 0 Å². The number of hydrogen-bond acceptors (Lipinski definition) is 2. The summed E-state index contributed by atoms with van der Waals surface area (Å²) in [6, 6.07) is 2.81. The molecule has 0 aromatic rings. The Kier molecular flexibility index (Phi) is 1.57. The Hall–Kier alpha value is -1.04. The molecular formula is C9H12N2O. The summed E-state index contributed by atoms with van der Waals surface area (Å²) in [5, 5.41) is 8.75. The van der Waals surface area contributed by atoms with E-state index in [4.69, 9.17) is 5.26 Å². The summed E-state index contributed by atoms with van der Waals surface area (Å²) in [7, 11) is 0. The van der Waals surface area contributed by atoms with Crippen molar-refractivity contribution in [2.24, 2.45) is 5.92 Å². The molecule has 0 bridgehead atoms. The van der Waals surface area contributed by atoms with E-state index in [0.29, 0.717) is 12.5 Å². The van der Waals surface area contributed by atoms with E-state index in [1.165, 1.54) is 0 Å². The number of rotatable bonds is 1. The van der Waals surface area contributed by atoms with Gasteiger partial charge in [-0.25, -0.2) is 0 Å². The van der Waals surface area contributed by atoms with E-state index in [9.17, 15) is 4.79 Å². The molecule has 12 heavy (non-hydrogen) atoms. The Bertz CT molecular complexity index is 252. The van der Waals surface area contributed by atoms with Crippen molar-refractivity contribution in [2.75, 3.05) is 0 Å². The fraction of sp³-hybridized carbons (Fsp3) is 0.778. The number of carbonyl (C=O) groups is 1. The predicted octanol–water partition coefficient (Wildman–Crippen LogP) is 0.909. The van der Waals surface area contributed by atoms with Gasteiger partial charge in [-0.1, -0.05) is 0 Å². The van der Waals surface area contributed by atoms with Crippen molar-refractivity contribution < 1.29 is 4.79 Å². The van der Waals surface area contributed by atoms with Gasteiger partial charge in [-0.15, -0.1) is 0 Å². The Labute approximate surface area is 72.0 Å². The highest BCUT2D eigenvalue weighted by Gasteiger charge is 2.44. The van der Waals surface area contributed by atoms with Gasteiger partial charge >= 0.3 is 0 Å². The van der Waals surface area contributed by atoms with Crippen LogP contribution in [-0.2, 0) is 4.79 Å². The summed E-state index contributed by atoms with van der Waals surface area (Å²) < 4.78 is 0. The molecule has 1 amide bonds. The van der Waals surface area contributed by atoms with E-state index in [0.717, 1.165) is 12.8 Å². The number of carbonyl (C=O) groups excluding carboxylic acids is 1. The zero-order valence-corrected chi connectivity index (χ0v) is 7.16. The summed E-state index contributed by atoms with van der Waals surface area (Å²) in [5.41, 5.74) is 0. The Morgan fingerprint density at radius 1 is 1.58 bits per heavy atom. The van der Waals surface area contributed by atoms with E-state index in [1.807, 2.05) is 11.8 Å².